The molecule has 1 spiro atoms. The summed E-state index contributed by atoms with van der Waals surface area (Å²) in [6.07, 6.45) is 3.17. The average molecular weight is 331 g/mol. The van der Waals surface area contributed by atoms with E-state index in [2.05, 4.69) is 20.9 Å². The number of fused-ring (bicyclic) bond motifs is 1. The van der Waals surface area contributed by atoms with Crippen molar-refractivity contribution in [2.75, 3.05) is 7.05 Å². The fraction of sp³-hybridized carbons (Fsp3) is 0.312. The molecule has 1 aromatic heterocycles. The maximum atomic E-state index is 12.8. The van der Waals surface area contributed by atoms with Gasteiger partial charge in [0.25, 0.3) is 5.91 Å². The minimum absolute atomic E-state index is 0.0856. The van der Waals surface area contributed by atoms with Crippen molar-refractivity contribution >= 4 is 21.8 Å². The Morgan fingerprint density at radius 2 is 1.90 bits per heavy atom. The van der Waals surface area contributed by atoms with Gasteiger partial charge < -0.3 is 9.88 Å². The zero-order chi connectivity index (χ0) is 13.9. The first kappa shape index (κ1) is 12.2. The van der Waals surface area contributed by atoms with E-state index in [1.54, 1.807) is 0 Å². The number of benzene rings is 1. The van der Waals surface area contributed by atoms with Crippen LogP contribution in [0.25, 0.3) is 11.1 Å². The summed E-state index contributed by atoms with van der Waals surface area (Å²) in [6.45, 7) is 0. The summed E-state index contributed by atoms with van der Waals surface area (Å²) in [5, 5.41) is 0. The van der Waals surface area contributed by atoms with Gasteiger partial charge in [0, 0.05) is 30.3 Å². The normalized spacial score (nSPS) is 19.3. The van der Waals surface area contributed by atoms with E-state index in [0.717, 1.165) is 46.2 Å². The summed E-state index contributed by atoms with van der Waals surface area (Å²) in [4.78, 5) is 18.1. The molecule has 1 N–H and O–H groups in total. The van der Waals surface area contributed by atoms with Gasteiger partial charge in [-0.15, -0.1) is 0 Å². The topological polar surface area (TPSA) is 36.1 Å². The number of nitrogens with one attached hydrogen (secondary N) is 1. The Morgan fingerprint density at radius 3 is 2.55 bits per heavy atom. The Labute approximate surface area is 126 Å². The van der Waals surface area contributed by atoms with Gasteiger partial charge in [0.15, 0.2) is 0 Å². The molecule has 1 fully saturated rings. The first-order valence-corrected chi connectivity index (χ1v) is 7.66. The number of halogens is 1. The van der Waals surface area contributed by atoms with Crippen LogP contribution in [0.1, 0.15) is 28.9 Å². The SMILES string of the molecule is CN1C(=O)c2c([nH]c(Br)c2-c2ccccc2)CC12CC2. The van der Waals surface area contributed by atoms with Crippen LogP contribution in [0.4, 0.5) is 0 Å². The highest BCUT2D eigenvalue weighted by molar-refractivity contribution is 9.10. The fourth-order valence-corrected chi connectivity index (χ4v) is 3.92. The standard InChI is InChI=1S/C16H15BrN2O/c1-19-15(20)13-11(9-16(19)7-8-16)18-14(17)12(13)10-5-3-2-4-6-10/h2-6,18H,7-9H2,1H3. The van der Waals surface area contributed by atoms with Crippen molar-refractivity contribution in [1.29, 1.82) is 0 Å². The van der Waals surface area contributed by atoms with Crippen molar-refractivity contribution < 1.29 is 4.79 Å². The van der Waals surface area contributed by atoms with E-state index in [1.165, 1.54) is 0 Å². The summed E-state index contributed by atoms with van der Waals surface area (Å²) in [6, 6.07) is 10.1. The molecule has 1 amide bonds. The van der Waals surface area contributed by atoms with Crippen LogP contribution < -0.4 is 0 Å². The molecule has 0 radical (unpaired) electrons. The van der Waals surface area contributed by atoms with Crippen molar-refractivity contribution in [1.82, 2.24) is 9.88 Å². The number of carbonyl (C=O) groups is 1. The first-order valence-electron chi connectivity index (χ1n) is 6.86. The molecule has 1 aromatic carbocycles. The molecule has 0 saturated heterocycles. The van der Waals surface area contributed by atoms with Crippen LogP contribution in [0.5, 0.6) is 0 Å². The Kier molecular flexibility index (Phi) is 2.43. The third-order valence-corrected chi connectivity index (χ3v) is 5.25. The second-order valence-electron chi connectivity index (χ2n) is 5.80. The van der Waals surface area contributed by atoms with Crippen LogP contribution in [0.15, 0.2) is 34.9 Å². The lowest BCUT2D eigenvalue weighted by Gasteiger charge is -2.33. The van der Waals surface area contributed by atoms with E-state index in [-0.39, 0.29) is 11.4 Å². The molecule has 102 valence electrons. The fourth-order valence-electron chi connectivity index (χ4n) is 3.25. The second-order valence-corrected chi connectivity index (χ2v) is 6.59. The third-order valence-electron chi connectivity index (χ3n) is 4.66. The molecule has 2 aromatic rings. The number of amides is 1. The van der Waals surface area contributed by atoms with Gasteiger partial charge in [0.2, 0.25) is 0 Å². The number of H-pyrrole nitrogens is 1. The molecule has 0 bridgehead atoms. The van der Waals surface area contributed by atoms with Gasteiger partial charge in [0.05, 0.1) is 10.2 Å². The van der Waals surface area contributed by atoms with Gasteiger partial charge in [0.1, 0.15) is 0 Å². The number of carbonyl (C=O) groups excluding carboxylic acids is 1. The largest absolute Gasteiger partial charge is 0.352 e. The van der Waals surface area contributed by atoms with E-state index >= 15 is 0 Å². The zero-order valence-electron chi connectivity index (χ0n) is 11.2. The molecule has 1 saturated carbocycles. The second kappa shape index (κ2) is 3.98. The van der Waals surface area contributed by atoms with E-state index in [4.69, 9.17) is 0 Å². The average Bonchev–Trinajstić information content (AvgIpc) is 3.14. The van der Waals surface area contributed by atoms with Crippen LogP contribution in [-0.4, -0.2) is 28.4 Å². The Balaban J connectivity index is 1.92. The lowest BCUT2D eigenvalue weighted by molar-refractivity contribution is 0.0681. The zero-order valence-corrected chi connectivity index (χ0v) is 12.8. The number of likely N-dealkylation sites (N-methyl/N-ethyl adjacent to an activating group) is 1. The van der Waals surface area contributed by atoms with Crippen LogP contribution in [0.3, 0.4) is 0 Å². The molecule has 2 heterocycles. The molecule has 0 atom stereocenters. The Hall–Kier alpha value is -1.55. The monoisotopic (exact) mass is 330 g/mol. The van der Waals surface area contributed by atoms with Crippen LogP contribution in [0, 0.1) is 0 Å². The number of aromatic nitrogens is 1. The molecule has 4 heteroatoms. The highest BCUT2D eigenvalue weighted by Crippen LogP contribution is 2.49. The number of rotatable bonds is 1. The van der Waals surface area contributed by atoms with E-state index in [1.807, 2.05) is 42.3 Å². The summed E-state index contributed by atoms with van der Waals surface area (Å²) in [5.74, 6) is 0.143. The summed E-state index contributed by atoms with van der Waals surface area (Å²) < 4.78 is 0.910. The predicted molar refractivity (Wildman–Crippen MR) is 81.7 cm³/mol. The number of nitrogens with zero attached hydrogens (tertiary/aromatic N) is 1. The molecule has 20 heavy (non-hydrogen) atoms. The van der Waals surface area contributed by atoms with Gasteiger partial charge in [-0.05, 0) is 34.3 Å². The minimum atomic E-state index is 0.0856. The smallest absolute Gasteiger partial charge is 0.256 e. The van der Waals surface area contributed by atoms with E-state index < -0.39 is 0 Å². The maximum Gasteiger partial charge on any atom is 0.256 e. The maximum absolute atomic E-state index is 12.8. The van der Waals surface area contributed by atoms with Crippen LogP contribution in [0.2, 0.25) is 0 Å². The summed E-state index contributed by atoms with van der Waals surface area (Å²) in [7, 11) is 1.94. The van der Waals surface area contributed by atoms with Gasteiger partial charge in [-0.1, -0.05) is 30.3 Å². The lowest BCUT2D eigenvalue weighted by Crippen LogP contribution is -2.44. The lowest BCUT2D eigenvalue weighted by atomic mass is 9.93. The Bertz CT molecular complexity index is 701. The molecule has 1 aliphatic heterocycles. The minimum Gasteiger partial charge on any atom is -0.352 e. The molecular weight excluding hydrogens is 316 g/mol. The van der Waals surface area contributed by atoms with Crippen molar-refractivity contribution in [3.8, 4) is 11.1 Å². The molecule has 2 aliphatic rings. The van der Waals surface area contributed by atoms with Crippen molar-refractivity contribution in [3.05, 3.63) is 46.2 Å². The molecule has 4 rings (SSSR count). The summed E-state index contributed by atoms with van der Waals surface area (Å²) >= 11 is 3.59. The highest BCUT2D eigenvalue weighted by atomic mass is 79.9. The molecular formula is C16H15BrN2O. The quantitative estimate of drug-likeness (QED) is 0.851. The van der Waals surface area contributed by atoms with Crippen LogP contribution in [-0.2, 0) is 6.42 Å². The van der Waals surface area contributed by atoms with Crippen LogP contribution >= 0.6 is 15.9 Å². The third kappa shape index (κ3) is 1.54. The van der Waals surface area contributed by atoms with Crippen molar-refractivity contribution in [2.45, 2.75) is 24.8 Å². The number of aromatic amines is 1. The van der Waals surface area contributed by atoms with Gasteiger partial charge in [-0.2, -0.15) is 0 Å². The first-order chi connectivity index (χ1) is 9.62. The number of hydrogen-bond donors (Lipinski definition) is 1. The van der Waals surface area contributed by atoms with Gasteiger partial charge in [-0.3, -0.25) is 4.79 Å². The molecule has 3 nitrogen and oxygen atoms in total. The molecule has 1 aliphatic carbocycles. The summed E-state index contributed by atoms with van der Waals surface area (Å²) in [5.41, 5.74) is 4.07. The highest BCUT2D eigenvalue weighted by Gasteiger charge is 2.53. The molecule has 0 unspecified atom stereocenters. The predicted octanol–water partition coefficient (Wildman–Crippen LogP) is 3.60. The van der Waals surface area contributed by atoms with E-state index in [9.17, 15) is 4.79 Å². The number of hydrogen-bond acceptors (Lipinski definition) is 1. The van der Waals surface area contributed by atoms with Gasteiger partial charge >= 0.3 is 0 Å². The van der Waals surface area contributed by atoms with Gasteiger partial charge in [-0.25, -0.2) is 0 Å². The van der Waals surface area contributed by atoms with E-state index in [0.29, 0.717) is 0 Å². The van der Waals surface area contributed by atoms with Crippen molar-refractivity contribution in [2.24, 2.45) is 0 Å². The van der Waals surface area contributed by atoms with Crippen molar-refractivity contribution in [3.63, 3.8) is 0 Å². The Morgan fingerprint density at radius 1 is 1.20 bits per heavy atom.